The fraction of sp³-hybridized carbons (Fsp3) is 0.661. The second-order valence-electron chi connectivity index (χ2n) is 22.3. The van der Waals surface area contributed by atoms with Gasteiger partial charge >= 0.3 is 5.97 Å². The largest absolute Gasteiger partial charge is 0.480 e. The van der Waals surface area contributed by atoms with Crippen LogP contribution in [0.4, 0.5) is 0 Å². The Morgan fingerprint density at radius 3 is 1.41 bits per heavy atom. The Kier molecular flexibility index (Phi) is 35.6. The van der Waals surface area contributed by atoms with Gasteiger partial charge in [-0.15, -0.1) is 0 Å². The zero-order valence-corrected chi connectivity index (χ0v) is 51.9. The minimum Gasteiger partial charge on any atom is -0.480 e. The number of carbonyl (C=O) groups is 11. The molecule has 91 heavy (non-hydrogen) atoms. The van der Waals surface area contributed by atoms with Gasteiger partial charge in [-0.1, -0.05) is 30.3 Å². The van der Waals surface area contributed by atoms with E-state index >= 15 is 0 Å². The van der Waals surface area contributed by atoms with E-state index < -0.39 is 163 Å². The van der Waals surface area contributed by atoms with Crippen molar-refractivity contribution in [3.05, 3.63) is 35.9 Å². The van der Waals surface area contributed by atoms with Crippen LogP contribution in [0.15, 0.2) is 40.3 Å². The van der Waals surface area contributed by atoms with Crippen LogP contribution in [0.3, 0.4) is 0 Å². The van der Waals surface area contributed by atoms with Crippen LogP contribution in [0.1, 0.15) is 123 Å². The van der Waals surface area contributed by atoms with E-state index in [-0.39, 0.29) is 76.1 Å². The molecule has 1 aromatic rings. The van der Waals surface area contributed by atoms with E-state index in [1.54, 1.807) is 0 Å². The van der Waals surface area contributed by atoms with Crippen LogP contribution in [-0.2, 0) is 52.7 Å². The summed E-state index contributed by atoms with van der Waals surface area (Å²) in [5.41, 5.74) is 40.0. The number of hydrogen-bond donors (Lipinski definition) is 22. The molecule has 0 aliphatic heterocycles. The number of carboxylic acid groups (broad SMARTS) is 1. The van der Waals surface area contributed by atoms with E-state index in [4.69, 9.17) is 40.1 Å². The number of benzene rings is 1. The van der Waals surface area contributed by atoms with Gasteiger partial charge in [0.2, 0.25) is 59.1 Å². The normalized spacial score (nSPS) is 17.6. The second kappa shape index (κ2) is 41.1. The first-order valence-corrected chi connectivity index (χ1v) is 30.2. The smallest absolute Gasteiger partial charge is 0.328 e. The Morgan fingerprint density at radius 1 is 0.505 bits per heavy atom. The van der Waals surface area contributed by atoms with Crippen LogP contribution in [0.25, 0.3) is 0 Å². The topological polar surface area (TPSA) is 616 Å². The lowest BCUT2D eigenvalue weighted by molar-refractivity contribution is -0.145. The van der Waals surface area contributed by atoms with E-state index in [9.17, 15) is 78.3 Å². The molecule has 1 saturated carbocycles. The van der Waals surface area contributed by atoms with Gasteiger partial charge in [0.25, 0.3) is 0 Å². The van der Waals surface area contributed by atoms with Crippen molar-refractivity contribution in [1.82, 2.24) is 53.2 Å². The highest BCUT2D eigenvalue weighted by molar-refractivity contribution is 5.99. The summed E-state index contributed by atoms with van der Waals surface area (Å²) < 4.78 is 0. The predicted molar refractivity (Wildman–Crippen MR) is 331 cm³/mol. The third kappa shape index (κ3) is 29.9. The number of primary amides is 1. The fourth-order valence-corrected chi connectivity index (χ4v) is 9.16. The number of amides is 10. The van der Waals surface area contributed by atoms with Crippen molar-refractivity contribution in [2.75, 3.05) is 32.8 Å². The number of nitrogens with one attached hydrogen (secondary N) is 10. The number of carboxylic acids is 1. The number of aliphatic imine (C=N–C) groups is 2. The molecule has 29 N–H and O–H groups in total. The van der Waals surface area contributed by atoms with E-state index in [0.717, 1.165) is 20.3 Å². The third-order valence-corrected chi connectivity index (χ3v) is 14.5. The molecule has 0 spiro atoms. The van der Waals surface area contributed by atoms with Crippen molar-refractivity contribution in [3.63, 3.8) is 0 Å². The van der Waals surface area contributed by atoms with Crippen molar-refractivity contribution in [2.24, 2.45) is 50.1 Å². The van der Waals surface area contributed by atoms with Gasteiger partial charge in [-0.2, -0.15) is 0 Å². The molecule has 0 heterocycles. The Bertz CT molecular complexity index is 2610. The highest BCUT2D eigenvalue weighted by atomic mass is 16.4. The Morgan fingerprint density at radius 2 is 0.923 bits per heavy atom. The summed E-state index contributed by atoms with van der Waals surface area (Å²) in [6.07, 6.45) is -3.38. The number of guanidine groups is 2. The van der Waals surface area contributed by atoms with Crippen LogP contribution < -0.4 is 93.3 Å². The predicted octanol–water partition coefficient (Wildman–Crippen LogP) is -8.27. The Labute approximate surface area is 527 Å². The van der Waals surface area contributed by atoms with E-state index in [0.29, 0.717) is 38.1 Å². The van der Waals surface area contributed by atoms with Crippen molar-refractivity contribution in [2.45, 2.75) is 202 Å². The SMILES string of the molecule is C[C@H](NC(=O)[C@@H](NC(=O)[C@H](CCC(N)=O)NC(=O)[C@H](CCCCN[C@H]1C[C@@H]1c1ccccc1)NC(=O)[C@@H](NC(=O)[C@@H](N)CCCN=C(N)N)[C@@H](C)O)[C@@H](C)O)C(=O)N[C@@H](CCCN=C(N)N)C(=O)N[C@@H](CCCCN)C(=O)N[C@@H](CO)C(=O)N[C@H](C(=O)O)[C@@H](C)O. The van der Waals surface area contributed by atoms with Gasteiger partial charge in [0.1, 0.15) is 48.3 Å². The molecule has 0 radical (unpaired) electrons. The molecule has 1 fully saturated rings. The molecule has 0 saturated heterocycles. The summed E-state index contributed by atoms with van der Waals surface area (Å²) in [6.45, 7) is 4.38. The number of carbonyl (C=O) groups excluding carboxylic acids is 10. The molecule has 10 amide bonds. The lowest BCUT2D eigenvalue weighted by Crippen LogP contribution is -2.62. The van der Waals surface area contributed by atoms with E-state index in [1.807, 2.05) is 35.6 Å². The van der Waals surface area contributed by atoms with Gasteiger partial charge in [-0.05, 0) is 123 Å². The number of hydrogen-bond acceptors (Lipinski definition) is 20. The summed E-state index contributed by atoms with van der Waals surface area (Å²) >= 11 is 0. The van der Waals surface area contributed by atoms with Gasteiger partial charge in [-0.3, -0.25) is 57.9 Å². The second-order valence-corrected chi connectivity index (χ2v) is 22.3. The minimum absolute atomic E-state index is 0.0458. The number of aliphatic hydroxyl groups excluding tert-OH is 4. The molecule has 0 bridgehead atoms. The maximum absolute atomic E-state index is 14.3. The van der Waals surface area contributed by atoms with Gasteiger partial charge in [0, 0.05) is 31.5 Å². The van der Waals surface area contributed by atoms with Crippen molar-refractivity contribution < 1.29 is 78.3 Å². The lowest BCUT2D eigenvalue weighted by Gasteiger charge is -2.28. The van der Waals surface area contributed by atoms with Crippen LogP contribution in [-0.4, -0.2) is 220 Å². The quantitative estimate of drug-likeness (QED) is 0.0164. The van der Waals surface area contributed by atoms with Gasteiger partial charge < -0.3 is 119 Å². The van der Waals surface area contributed by atoms with Crippen LogP contribution in [0.5, 0.6) is 0 Å². The van der Waals surface area contributed by atoms with Crippen LogP contribution in [0, 0.1) is 0 Å². The first-order chi connectivity index (χ1) is 42.9. The minimum atomic E-state index is -1.88. The lowest BCUT2D eigenvalue weighted by atomic mass is 10.0. The van der Waals surface area contributed by atoms with Gasteiger partial charge in [0.05, 0.1) is 31.0 Å². The summed E-state index contributed by atoms with van der Waals surface area (Å²) in [6, 6.07) is -5.76. The third-order valence-electron chi connectivity index (χ3n) is 14.5. The molecule has 0 unspecified atom stereocenters. The first kappa shape index (κ1) is 78.7. The zero-order valence-electron chi connectivity index (χ0n) is 51.9. The first-order valence-electron chi connectivity index (χ1n) is 30.2. The summed E-state index contributed by atoms with van der Waals surface area (Å²) in [7, 11) is 0. The average Bonchev–Trinajstić information content (AvgIpc) is 1.85. The van der Waals surface area contributed by atoms with Gasteiger partial charge in [-0.25, -0.2) is 4.79 Å². The highest BCUT2D eigenvalue weighted by Gasteiger charge is 2.39. The van der Waals surface area contributed by atoms with Crippen LogP contribution in [0.2, 0.25) is 0 Å². The molecule has 512 valence electrons. The molecular weight excluding hydrogens is 1190 g/mol. The number of unbranched alkanes of at least 4 members (excludes halogenated alkanes) is 2. The number of nitrogens with two attached hydrogens (primary N) is 7. The average molecular weight is 1290 g/mol. The van der Waals surface area contributed by atoms with Crippen molar-refractivity contribution >= 4 is 77.0 Å². The summed E-state index contributed by atoms with van der Waals surface area (Å²) in [4.78, 5) is 155. The van der Waals surface area contributed by atoms with Gasteiger partial charge in [0.15, 0.2) is 18.0 Å². The monoisotopic (exact) mass is 1290 g/mol. The van der Waals surface area contributed by atoms with E-state index in [2.05, 4.69) is 57.8 Å². The number of aliphatic hydroxyl groups is 4. The maximum Gasteiger partial charge on any atom is 0.328 e. The van der Waals surface area contributed by atoms with Crippen molar-refractivity contribution in [1.29, 1.82) is 0 Å². The molecule has 1 aromatic carbocycles. The fourth-order valence-electron chi connectivity index (χ4n) is 9.16. The molecule has 35 heteroatoms. The molecule has 1 aliphatic carbocycles. The molecule has 35 nitrogen and oxygen atoms in total. The number of rotatable bonds is 45. The number of nitrogens with zero attached hydrogens (tertiary/aromatic N) is 2. The molecule has 0 aromatic heterocycles. The molecule has 1 aliphatic rings. The summed E-state index contributed by atoms with van der Waals surface area (Å²) in [5.74, 6) is -11.9. The van der Waals surface area contributed by atoms with E-state index in [1.165, 1.54) is 19.4 Å². The highest BCUT2D eigenvalue weighted by Crippen LogP contribution is 2.40. The number of aliphatic carboxylic acids is 1. The Hall–Kier alpha value is -8.35. The maximum atomic E-state index is 14.3. The Balaban J connectivity index is 2.38. The molecule has 2 rings (SSSR count). The molecular formula is C56H97N19O16. The molecule has 15 atom stereocenters. The zero-order chi connectivity index (χ0) is 68.5. The van der Waals surface area contributed by atoms with Crippen molar-refractivity contribution in [3.8, 4) is 0 Å². The standard InChI is InChI=1S/C56H97N19O16/c1-28(45(81)68-37(19-13-25-66-56(62)63)48(84)69-35(17-8-10-22-57)49(85)72-40(27-76)51(87)75-44(31(4)79)54(90)91)67-52(88)42(29(2)77)74-50(86)38(20-21-41(59)80)70-47(83)36(18-9-11-23-64-39-26-33(39)32-14-6-5-7-15-32)71-53(89)43(30(3)78)73-46(82)34(58)16-12-24-65-55(60)61/h5-7,14-15,28-31,33-40,42-44,64,76-79H,8-13,16-27,57-58H2,1-4H3,(H2,59,80)(H,67,88)(H,68,81)(H,69,84)(H,70,83)(H,71,89)(H,72,85)(H,73,82)(H,74,86)(H,75,87)(H,90,91)(H4,60,61,65)(H4,62,63,66)/t28-,29+,30+,31+,33+,34-,35-,36-,37-,38-,39-,40-,42-,43-,44-/m0/s1. The summed E-state index contributed by atoms with van der Waals surface area (Å²) in [5, 5.41) is 75.6. The van der Waals surface area contributed by atoms with Crippen LogP contribution >= 0.6 is 0 Å².